The van der Waals surface area contributed by atoms with E-state index in [4.69, 9.17) is 16.6 Å². The summed E-state index contributed by atoms with van der Waals surface area (Å²) in [5.41, 5.74) is 5.16. The predicted molar refractivity (Wildman–Crippen MR) is 123 cm³/mol. The SMILES string of the molecule is CCc1ccc(C2=N[C@H](c3ccccc3Cl)N[C@@H](c3cc(Br)ccc3O)C2)cc1. The van der Waals surface area contributed by atoms with Crippen LogP contribution in [-0.4, -0.2) is 10.8 Å². The molecule has 1 aliphatic heterocycles. The molecule has 0 bridgehead atoms. The first-order chi connectivity index (χ1) is 14.0. The van der Waals surface area contributed by atoms with Crippen LogP contribution < -0.4 is 5.32 Å². The van der Waals surface area contributed by atoms with Gasteiger partial charge in [0.15, 0.2) is 0 Å². The number of halogens is 2. The summed E-state index contributed by atoms with van der Waals surface area (Å²) in [5, 5.41) is 14.7. The Morgan fingerprint density at radius 2 is 1.83 bits per heavy atom. The van der Waals surface area contributed by atoms with Crippen molar-refractivity contribution in [3.63, 3.8) is 0 Å². The van der Waals surface area contributed by atoms with Gasteiger partial charge in [-0.3, -0.25) is 10.3 Å². The molecule has 0 spiro atoms. The van der Waals surface area contributed by atoms with Gasteiger partial charge in [0.05, 0.1) is 0 Å². The fourth-order valence-electron chi connectivity index (χ4n) is 3.67. The molecule has 0 aromatic heterocycles. The van der Waals surface area contributed by atoms with Crippen LogP contribution in [0.5, 0.6) is 5.75 Å². The quantitative estimate of drug-likeness (QED) is 0.452. The highest BCUT2D eigenvalue weighted by molar-refractivity contribution is 9.10. The Kier molecular flexibility index (Phi) is 6.04. The summed E-state index contributed by atoms with van der Waals surface area (Å²) < 4.78 is 0.928. The highest BCUT2D eigenvalue weighted by atomic mass is 79.9. The molecule has 0 unspecified atom stereocenters. The third-order valence-electron chi connectivity index (χ3n) is 5.30. The van der Waals surface area contributed by atoms with E-state index in [2.05, 4.69) is 52.4 Å². The van der Waals surface area contributed by atoms with Crippen molar-refractivity contribution < 1.29 is 5.11 Å². The molecule has 1 aliphatic rings. The third kappa shape index (κ3) is 4.40. The number of aromatic hydroxyl groups is 1. The molecular weight excluding hydrogens is 448 g/mol. The maximum Gasteiger partial charge on any atom is 0.127 e. The zero-order chi connectivity index (χ0) is 20.4. The van der Waals surface area contributed by atoms with Crippen molar-refractivity contribution in [2.24, 2.45) is 4.99 Å². The fourth-order valence-corrected chi connectivity index (χ4v) is 4.29. The van der Waals surface area contributed by atoms with Gasteiger partial charge in [0, 0.05) is 38.8 Å². The molecule has 2 atom stereocenters. The van der Waals surface area contributed by atoms with Crippen LogP contribution >= 0.6 is 27.5 Å². The fraction of sp³-hybridized carbons (Fsp3) is 0.208. The number of phenolic OH excluding ortho intramolecular Hbond substituents is 1. The first-order valence-electron chi connectivity index (χ1n) is 9.70. The summed E-state index contributed by atoms with van der Waals surface area (Å²) >= 11 is 10.00. The molecule has 5 heteroatoms. The molecule has 0 saturated carbocycles. The molecule has 4 rings (SSSR count). The van der Waals surface area contributed by atoms with E-state index in [1.165, 1.54) is 5.56 Å². The van der Waals surface area contributed by atoms with Gasteiger partial charge in [-0.15, -0.1) is 0 Å². The van der Waals surface area contributed by atoms with Gasteiger partial charge < -0.3 is 5.11 Å². The summed E-state index contributed by atoms with van der Waals surface area (Å²) in [5.74, 6) is 0.270. The zero-order valence-corrected chi connectivity index (χ0v) is 18.4. The Balaban J connectivity index is 1.77. The van der Waals surface area contributed by atoms with Crippen LogP contribution in [0.4, 0.5) is 0 Å². The Labute approximate surface area is 184 Å². The van der Waals surface area contributed by atoms with Crippen molar-refractivity contribution in [1.29, 1.82) is 0 Å². The van der Waals surface area contributed by atoms with E-state index in [9.17, 15) is 5.11 Å². The minimum atomic E-state index is -0.290. The summed E-state index contributed by atoms with van der Waals surface area (Å²) in [6.07, 6.45) is 1.39. The van der Waals surface area contributed by atoms with Gasteiger partial charge in [-0.1, -0.05) is 76.9 Å². The second kappa shape index (κ2) is 8.70. The number of rotatable bonds is 4. The molecule has 29 heavy (non-hydrogen) atoms. The van der Waals surface area contributed by atoms with Crippen molar-refractivity contribution in [2.75, 3.05) is 0 Å². The molecule has 3 aromatic rings. The average Bonchev–Trinajstić information content (AvgIpc) is 2.75. The van der Waals surface area contributed by atoms with Crippen LogP contribution in [0.3, 0.4) is 0 Å². The second-order valence-electron chi connectivity index (χ2n) is 7.18. The van der Waals surface area contributed by atoms with E-state index in [1.807, 2.05) is 36.4 Å². The number of aliphatic imine (C=N–C) groups is 1. The summed E-state index contributed by atoms with van der Waals surface area (Å²) in [4.78, 5) is 4.99. The second-order valence-corrected chi connectivity index (χ2v) is 8.50. The summed E-state index contributed by atoms with van der Waals surface area (Å²) in [6, 6.07) is 21.7. The zero-order valence-electron chi connectivity index (χ0n) is 16.1. The van der Waals surface area contributed by atoms with Crippen molar-refractivity contribution in [3.8, 4) is 5.75 Å². The van der Waals surface area contributed by atoms with Crippen LogP contribution in [0.1, 0.15) is 47.8 Å². The molecule has 0 radical (unpaired) electrons. The average molecular weight is 470 g/mol. The van der Waals surface area contributed by atoms with Crippen molar-refractivity contribution in [2.45, 2.75) is 32.0 Å². The lowest BCUT2D eigenvalue weighted by Crippen LogP contribution is -2.33. The van der Waals surface area contributed by atoms with E-state index in [0.29, 0.717) is 11.4 Å². The van der Waals surface area contributed by atoms with Crippen molar-refractivity contribution in [3.05, 3.63) is 98.5 Å². The number of hydrogen-bond acceptors (Lipinski definition) is 3. The molecule has 0 aliphatic carbocycles. The number of phenols is 1. The van der Waals surface area contributed by atoms with E-state index in [0.717, 1.165) is 33.3 Å². The Morgan fingerprint density at radius 3 is 2.55 bits per heavy atom. The van der Waals surface area contributed by atoms with Crippen LogP contribution in [-0.2, 0) is 6.42 Å². The van der Waals surface area contributed by atoms with Gasteiger partial charge in [-0.05, 0) is 41.8 Å². The monoisotopic (exact) mass is 468 g/mol. The minimum Gasteiger partial charge on any atom is -0.508 e. The molecule has 148 valence electrons. The van der Waals surface area contributed by atoms with Crippen LogP contribution in [0.15, 0.2) is 76.2 Å². The summed E-state index contributed by atoms with van der Waals surface area (Å²) in [6.45, 7) is 2.15. The minimum absolute atomic E-state index is 0.0906. The molecule has 3 nitrogen and oxygen atoms in total. The first-order valence-corrected chi connectivity index (χ1v) is 10.9. The number of aryl methyl sites for hydroxylation is 1. The number of nitrogens with zero attached hydrogens (tertiary/aromatic N) is 1. The smallest absolute Gasteiger partial charge is 0.127 e. The van der Waals surface area contributed by atoms with Crippen molar-refractivity contribution in [1.82, 2.24) is 5.32 Å². The predicted octanol–water partition coefficient (Wildman–Crippen LogP) is 6.59. The van der Waals surface area contributed by atoms with Gasteiger partial charge in [-0.2, -0.15) is 0 Å². The summed E-state index contributed by atoms with van der Waals surface area (Å²) in [7, 11) is 0. The third-order valence-corrected chi connectivity index (χ3v) is 6.14. The molecule has 2 N–H and O–H groups in total. The van der Waals surface area contributed by atoms with E-state index in [-0.39, 0.29) is 18.0 Å². The van der Waals surface area contributed by atoms with Gasteiger partial charge in [0.25, 0.3) is 0 Å². The number of benzene rings is 3. The van der Waals surface area contributed by atoms with E-state index < -0.39 is 0 Å². The lowest BCUT2D eigenvalue weighted by molar-refractivity contribution is 0.412. The highest BCUT2D eigenvalue weighted by Crippen LogP contribution is 2.37. The van der Waals surface area contributed by atoms with E-state index >= 15 is 0 Å². The lowest BCUT2D eigenvalue weighted by atomic mass is 9.93. The topological polar surface area (TPSA) is 44.6 Å². The Hall–Kier alpha value is -2.14. The Bertz CT molecular complexity index is 1050. The maximum absolute atomic E-state index is 10.5. The van der Waals surface area contributed by atoms with Crippen molar-refractivity contribution >= 4 is 33.2 Å². The molecule has 0 saturated heterocycles. The number of hydrogen-bond donors (Lipinski definition) is 2. The van der Waals surface area contributed by atoms with Gasteiger partial charge in [0.1, 0.15) is 11.9 Å². The standard InChI is InChI=1S/C24H22BrClN2O/c1-2-15-7-9-16(10-8-15)21-14-22(19-13-17(25)11-12-23(19)29)28-24(27-21)18-5-3-4-6-20(18)26/h3-13,22,24,28-29H,2,14H2,1H3/t22-,24+/m1/s1. The maximum atomic E-state index is 10.5. The van der Waals surface area contributed by atoms with Crippen LogP contribution in [0.25, 0.3) is 0 Å². The van der Waals surface area contributed by atoms with Gasteiger partial charge in [0.2, 0.25) is 0 Å². The Morgan fingerprint density at radius 1 is 1.07 bits per heavy atom. The normalized spacial score (nSPS) is 19.1. The number of nitrogens with one attached hydrogen (secondary N) is 1. The first kappa shape index (κ1) is 20.1. The van der Waals surface area contributed by atoms with Gasteiger partial charge >= 0.3 is 0 Å². The molecule has 3 aromatic carbocycles. The molecular formula is C24H22BrClN2O. The van der Waals surface area contributed by atoms with Crippen LogP contribution in [0, 0.1) is 0 Å². The highest BCUT2D eigenvalue weighted by Gasteiger charge is 2.28. The largest absolute Gasteiger partial charge is 0.508 e. The molecule has 0 amide bonds. The van der Waals surface area contributed by atoms with Gasteiger partial charge in [-0.25, -0.2) is 0 Å². The molecule has 0 fully saturated rings. The van der Waals surface area contributed by atoms with E-state index in [1.54, 1.807) is 6.07 Å². The lowest BCUT2D eigenvalue weighted by Gasteiger charge is -2.31. The molecule has 1 heterocycles. The van der Waals surface area contributed by atoms with Crippen LogP contribution in [0.2, 0.25) is 5.02 Å².